The monoisotopic (exact) mass is 392 g/mol. The third-order valence-electron chi connectivity index (χ3n) is 6.58. The lowest BCUT2D eigenvalue weighted by atomic mass is 9.91. The summed E-state index contributed by atoms with van der Waals surface area (Å²) in [6.07, 6.45) is 0. The van der Waals surface area contributed by atoms with E-state index in [2.05, 4.69) is 102 Å². The molecule has 0 fully saturated rings. The minimum absolute atomic E-state index is 0.726. The molecule has 0 bridgehead atoms. The van der Waals surface area contributed by atoms with Gasteiger partial charge in [0.2, 0.25) is 0 Å². The van der Waals surface area contributed by atoms with Gasteiger partial charge >= 0.3 is 0 Å². The predicted octanol–water partition coefficient (Wildman–Crippen LogP) is 7.55. The van der Waals surface area contributed by atoms with E-state index in [-0.39, 0.29) is 0 Å². The van der Waals surface area contributed by atoms with Gasteiger partial charge < -0.3 is 4.57 Å². The van der Waals surface area contributed by atoms with Gasteiger partial charge in [-0.15, -0.1) is 0 Å². The van der Waals surface area contributed by atoms with Gasteiger partial charge in [0.1, 0.15) is 0 Å². The molecule has 0 radical (unpaired) electrons. The van der Waals surface area contributed by atoms with Gasteiger partial charge in [-0.05, 0) is 45.8 Å². The number of hydrogen-bond acceptors (Lipinski definition) is 1. The zero-order valence-electron chi connectivity index (χ0n) is 16.6. The van der Waals surface area contributed by atoms with Crippen molar-refractivity contribution in [1.82, 2.24) is 4.57 Å². The molecule has 0 saturated heterocycles. The van der Waals surface area contributed by atoms with Crippen LogP contribution in [-0.4, -0.2) is 4.57 Å². The number of hydrogen-bond donors (Lipinski definition) is 0. The van der Waals surface area contributed by atoms with E-state index in [0.29, 0.717) is 0 Å². The maximum Gasteiger partial charge on any atom is 0.0998 e. The molecule has 0 amide bonds. The minimum atomic E-state index is 0.726. The molecule has 0 saturated carbocycles. The maximum absolute atomic E-state index is 9.66. The molecule has 7 rings (SSSR count). The van der Waals surface area contributed by atoms with Crippen LogP contribution in [0.2, 0.25) is 0 Å². The van der Waals surface area contributed by atoms with Crippen molar-refractivity contribution < 1.29 is 0 Å². The summed E-state index contributed by atoms with van der Waals surface area (Å²) >= 11 is 0. The molecule has 2 nitrogen and oxygen atoms in total. The summed E-state index contributed by atoms with van der Waals surface area (Å²) in [5.74, 6) is 0. The second-order valence-electron chi connectivity index (χ2n) is 8.10. The van der Waals surface area contributed by atoms with Gasteiger partial charge in [0.15, 0.2) is 0 Å². The van der Waals surface area contributed by atoms with E-state index in [1.807, 2.05) is 6.07 Å². The van der Waals surface area contributed by atoms with Crippen LogP contribution in [-0.2, 0) is 0 Å². The number of rotatable bonds is 1. The lowest BCUT2D eigenvalue weighted by Gasteiger charge is -2.16. The van der Waals surface area contributed by atoms with Crippen molar-refractivity contribution in [3.8, 4) is 11.8 Å². The first-order valence-electron chi connectivity index (χ1n) is 10.4. The highest BCUT2D eigenvalue weighted by atomic mass is 15.0. The predicted molar refractivity (Wildman–Crippen MR) is 129 cm³/mol. The summed E-state index contributed by atoms with van der Waals surface area (Å²) in [4.78, 5) is 0. The Morgan fingerprint density at radius 3 is 1.74 bits per heavy atom. The molecule has 0 spiro atoms. The number of para-hydroxylation sites is 2. The van der Waals surface area contributed by atoms with Gasteiger partial charge in [-0.25, -0.2) is 0 Å². The first kappa shape index (κ1) is 16.4. The largest absolute Gasteiger partial charge is 0.309 e. The fraction of sp³-hybridized carbons (Fsp3) is 0. The summed E-state index contributed by atoms with van der Waals surface area (Å²) in [7, 11) is 0. The molecule has 7 aromatic rings. The van der Waals surface area contributed by atoms with Gasteiger partial charge in [0.25, 0.3) is 0 Å². The van der Waals surface area contributed by atoms with E-state index in [1.54, 1.807) is 0 Å². The number of fused-ring (bicyclic) bond motifs is 3. The van der Waals surface area contributed by atoms with Crippen LogP contribution in [0.4, 0.5) is 0 Å². The molecule has 1 aromatic heterocycles. The van der Waals surface area contributed by atoms with Crippen molar-refractivity contribution in [2.45, 2.75) is 0 Å². The number of nitriles is 1. The lowest BCUT2D eigenvalue weighted by Crippen LogP contribution is -1.96. The zero-order chi connectivity index (χ0) is 20.5. The van der Waals surface area contributed by atoms with Crippen LogP contribution in [0, 0.1) is 11.3 Å². The van der Waals surface area contributed by atoms with Crippen molar-refractivity contribution in [3.63, 3.8) is 0 Å². The van der Waals surface area contributed by atoms with E-state index in [4.69, 9.17) is 0 Å². The van der Waals surface area contributed by atoms with Crippen molar-refractivity contribution >= 4 is 54.1 Å². The van der Waals surface area contributed by atoms with Gasteiger partial charge in [-0.3, -0.25) is 0 Å². The van der Waals surface area contributed by atoms with Crippen LogP contribution in [0.3, 0.4) is 0 Å². The smallest absolute Gasteiger partial charge is 0.0998 e. The molecule has 2 heteroatoms. The summed E-state index contributed by atoms with van der Waals surface area (Å²) in [6, 6.07) is 36.6. The topological polar surface area (TPSA) is 28.7 Å². The lowest BCUT2D eigenvalue weighted by molar-refractivity contribution is 1.20. The van der Waals surface area contributed by atoms with Gasteiger partial charge in [0.05, 0.1) is 28.4 Å². The van der Waals surface area contributed by atoms with Crippen LogP contribution in [0.1, 0.15) is 5.56 Å². The fourth-order valence-corrected chi connectivity index (χ4v) is 5.26. The average molecular weight is 392 g/mol. The van der Waals surface area contributed by atoms with Gasteiger partial charge in [0, 0.05) is 21.5 Å². The summed E-state index contributed by atoms with van der Waals surface area (Å²) in [5, 5.41) is 19.2. The van der Waals surface area contributed by atoms with Crippen molar-refractivity contribution in [2.75, 3.05) is 0 Å². The van der Waals surface area contributed by atoms with Crippen molar-refractivity contribution in [3.05, 3.63) is 103 Å². The minimum Gasteiger partial charge on any atom is -0.309 e. The van der Waals surface area contributed by atoms with Crippen LogP contribution in [0.5, 0.6) is 0 Å². The van der Waals surface area contributed by atoms with Crippen molar-refractivity contribution in [1.29, 1.82) is 5.26 Å². The van der Waals surface area contributed by atoms with Crippen LogP contribution < -0.4 is 0 Å². The quantitative estimate of drug-likeness (QED) is 0.265. The van der Waals surface area contributed by atoms with Gasteiger partial charge in [-0.2, -0.15) is 5.26 Å². The zero-order valence-corrected chi connectivity index (χ0v) is 16.6. The summed E-state index contributed by atoms with van der Waals surface area (Å²) in [6.45, 7) is 0. The molecule has 6 aromatic carbocycles. The SMILES string of the molecule is N#Cc1ccc2ccc3c(-n4c5ccccc5c5ccccc54)ccc4ccc1c2c43. The van der Waals surface area contributed by atoms with Crippen LogP contribution in [0.25, 0.3) is 59.8 Å². The molecule has 1 heterocycles. The number of benzene rings is 6. The number of nitrogens with zero attached hydrogens (tertiary/aromatic N) is 2. The molecule has 0 unspecified atom stereocenters. The maximum atomic E-state index is 9.66. The Hall–Kier alpha value is -4.35. The Balaban J connectivity index is 1.72. The second-order valence-corrected chi connectivity index (χ2v) is 8.10. The molecule has 0 aliphatic heterocycles. The standard InChI is InChI=1S/C29H16N2/c30-17-20-10-9-18-12-15-24-27(16-13-19-11-14-21(20)28(18)29(19)24)31-25-7-3-1-5-22(25)23-6-2-4-8-26(23)31/h1-16H. The fourth-order valence-electron chi connectivity index (χ4n) is 5.26. The second kappa shape index (κ2) is 5.84. The van der Waals surface area contributed by atoms with Gasteiger partial charge in [-0.1, -0.05) is 72.8 Å². The molecular weight excluding hydrogens is 376 g/mol. The summed E-state index contributed by atoms with van der Waals surface area (Å²) in [5.41, 5.74) is 4.30. The van der Waals surface area contributed by atoms with E-state index in [9.17, 15) is 5.26 Å². The van der Waals surface area contributed by atoms with Crippen molar-refractivity contribution in [2.24, 2.45) is 0 Å². The Morgan fingerprint density at radius 1 is 0.516 bits per heavy atom. The Kier molecular flexibility index (Phi) is 3.10. The van der Waals surface area contributed by atoms with E-state index in [1.165, 1.54) is 54.4 Å². The highest BCUT2D eigenvalue weighted by Crippen LogP contribution is 2.40. The number of aromatic nitrogens is 1. The highest BCUT2D eigenvalue weighted by molar-refractivity contribution is 6.26. The molecule has 31 heavy (non-hydrogen) atoms. The Labute approximate surface area is 178 Å². The molecule has 0 aliphatic carbocycles. The molecule has 0 N–H and O–H groups in total. The molecule has 0 atom stereocenters. The first-order valence-corrected chi connectivity index (χ1v) is 10.4. The normalized spacial score (nSPS) is 11.8. The average Bonchev–Trinajstić information content (AvgIpc) is 3.16. The van der Waals surface area contributed by atoms with E-state index < -0.39 is 0 Å². The molecular formula is C29H16N2. The highest BCUT2D eigenvalue weighted by Gasteiger charge is 2.17. The Bertz CT molecular complexity index is 1790. The first-order chi connectivity index (χ1) is 15.3. The van der Waals surface area contributed by atoms with E-state index >= 15 is 0 Å². The molecule has 0 aliphatic rings. The van der Waals surface area contributed by atoms with E-state index in [0.717, 1.165) is 10.9 Å². The van der Waals surface area contributed by atoms with Crippen LogP contribution >= 0.6 is 0 Å². The summed E-state index contributed by atoms with van der Waals surface area (Å²) < 4.78 is 2.38. The Morgan fingerprint density at radius 2 is 1.06 bits per heavy atom. The third kappa shape index (κ3) is 2.05. The molecule has 142 valence electrons. The third-order valence-corrected chi connectivity index (χ3v) is 6.58. The van der Waals surface area contributed by atoms with Crippen LogP contribution in [0.15, 0.2) is 97.1 Å².